The summed E-state index contributed by atoms with van der Waals surface area (Å²) >= 11 is 1.30. The van der Waals surface area contributed by atoms with Crippen LogP contribution in [0.25, 0.3) is 0 Å². The summed E-state index contributed by atoms with van der Waals surface area (Å²) in [5.74, 6) is 1.39. The van der Waals surface area contributed by atoms with Crippen LogP contribution in [-0.2, 0) is 29.6 Å². The van der Waals surface area contributed by atoms with Gasteiger partial charge in [0.1, 0.15) is 5.82 Å². The first-order valence-corrected chi connectivity index (χ1v) is 9.55. The largest absolute Gasteiger partial charge is 0.493 e. The van der Waals surface area contributed by atoms with E-state index in [1.165, 1.54) is 11.8 Å². The number of aryl methyl sites for hydroxylation is 1. The normalized spacial score (nSPS) is 11.7. The van der Waals surface area contributed by atoms with Crippen LogP contribution in [0.15, 0.2) is 23.4 Å². The Morgan fingerprint density at radius 3 is 2.61 bits per heavy atom. The maximum absolute atomic E-state index is 12.4. The molecular weight excluding hydrogens is 382 g/mol. The minimum atomic E-state index is -0.389. The smallest absolute Gasteiger partial charge is 0.233 e. The number of rotatable bonds is 10. The molecule has 1 aromatic heterocycles. The number of carbonyl (C=O) groups is 2. The third-order valence-electron chi connectivity index (χ3n) is 4.09. The number of carbonyl (C=O) groups excluding carboxylic acids is 2. The fourth-order valence-corrected chi connectivity index (χ4v) is 3.29. The molecule has 28 heavy (non-hydrogen) atoms. The van der Waals surface area contributed by atoms with Crippen molar-refractivity contribution in [1.29, 1.82) is 0 Å². The van der Waals surface area contributed by atoms with Crippen LogP contribution >= 0.6 is 11.8 Å². The monoisotopic (exact) mass is 407 g/mol. The molecule has 1 heterocycles. The number of amides is 2. The number of methoxy groups -OCH3 is 2. The van der Waals surface area contributed by atoms with Crippen LogP contribution in [-0.4, -0.2) is 46.0 Å². The van der Waals surface area contributed by atoms with Gasteiger partial charge in [0.15, 0.2) is 16.7 Å². The van der Waals surface area contributed by atoms with E-state index in [0.29, 0.717) is 35.4 Å². The van der Waals surface area contributed by atoms with Crippen molar-refractivity contribution < 1.29 is 19.1 Å². The van der Waals surface area contributed by atoms with E-state index in [9.17, 15) is 9.59 Å². The zero-order valence-electron chi connectivity index (χ0n) is 16.4. The quantitative estimate of drug-likeness (QED) is 0.565. The SMILES string of the molecule is COc1ccc(CNC(=O)[C@@H](C)Sc2nnc(CCC(N)=O)n2C)cc1OC. The van der Waals surface area contributed by atoms with E-state index >= 15 is 0 Å². The Hall–Kier alpha value is -2.75. The first-order valence-electron chi connectivity index (χ1n) is 8.67. The molecule has 0 saturated heterocycles. The molecule has 0 bridgehead atoms. The molecule has 2 amide bonds. The average Bonchev–Trinajstić information content (AvgIpc) is 3.03. The van der Waals surface area contributed by atoms with Gasteiger partial charge in [0.2, 0.25) is 11.8 Å². The number of nitrogens with two attached hydrogens (primary N) is 1. The molecule has 3 N–H and O–H groups in total. The fraction of sp³-hybridized carbons (Fsp3) is 0.444. The van der Waals surface area contributed by atoms with E-state index in [4.69, 9.17) is 15.2 Å². The van der Waals surface area contributed by atoms with Gasteiger partial charge < -0.3 is 25.1 Å². The Kier molecular flexibility index (Phi) is 7.68. The fourth-order valence-electron chi connectivity index (χ4n) is 2.44. The highest BCUT2D eigenvalue weighted by atomic mass is 32.2. The third-order valence-corrected chi connectivity index (χ3v) is 5.22. The summed E-state index contributed by atoms with van der Waals surface area (Å²) in [4.78, 5) is 23.3. The number of thioether (sulfide) groups is 1. The first-order chi connectivity index (χ1) is 13.3. The number of ether oxygens (including phenoxy) is 2. The maximum atomic E-state index is 12.4. The van der Waals surface area contributed by atoms with Crippen LogP contribution in [0.5, 0.6) is 11.5 Å². The second-order valence-electron chi connectivity index (χ2n) is 6.09. The van der Waals surface area contributed by atoms with Gasteiger partial charge in [0.25, 0.3) is 0 Å². The van der Waals surface area contributed by atoms with E-state index in [2.05, 4.69) is 15.5 Å². The molecule has 0 aliphatic heterocycles. The number of hydrogen-bond donors (Lipinski definition) is 2. The van der Waals surface area contributed by atoms with E-state index in [1.807, 2.05) is 12.1 Å². The molecule has 10 heteroatoms. The zero-order valence-corrected chi connectivity index (χ0v) is 17.2. The predicted octanol–water partition coefficient (Wildman–Crippen LogP) is 1.05. The Morgan fingerprint density at radius 1 is 1.25 bits per heavy atom. The second kappa shape index (κ2) is 9.98. The molecular formula is C18H25N5O4S. The van der Waals surface area contributed by atoms with E-state index in [-0.39, 0.29) is 23.5 Å². The van der Waals surface area contributed by atoms with Gasteiger partial charge >= 0.3 is 0 Å². The summed E-state index contributed by atoms with van der Waals surface area (Å²) in [6.45, 7) is 2.17. The average molecular weight is 407 g/mol. The van der Waals surface area contributed by atoms with Gasteiger partial charge in [-0.25, -0.2) is 0 Å². The molecule has 1 aromatic carbocycles. The van der Waals surface area contributed by atoms with Crippen molar-refractivity contribution in [3.05, 3.63) is 29.6 Å². The topological polar surface area (TPSA) is 121 Å². The van der Waals surface area contributed by atoms with Crippen molar-refractivity contribution in [2.45, 2.75) is 36.7 Å². The lowest BCUT2D eigenvalue weighted by Gasteiger charge is -2.13. The highest BCUT2D eigenvalue weighted by Gasteiger charge is 2.19. The van der Waals surface area contributed by atoms with E-state index in [0.717, 1.165) is 5.56 Å². The van der Waals surface area contributed by atoms with Crippen molar-refractivity contribution in [1.82, 2.24) is 20.1 Å². The predicted molar refractivity (Wildman–Crippen MR) is 105 cm³/mol. The summed E-state index contributed by atoms with van der Waals surface area (Å²) in [5.41, 5.74) is 6.06. The summed E-state index contributed by atoms with van der Waals surface area (Å²) in [6, 6.07) is 5.49. The Bertz CT molecular complexity index is 839. The van der Waals surface area contributed by atoms with Crippen molar-refractivity contribution in [3.8, 4) is 11.5 Å². The number of nitrogens with zero attached hydrogens (tertiary/aromatic N) is 3. The van der Waals surface area contributed by atoms with Crippen LogP contribution in [0, 0.1) is 0 Å². The first kappa shape index (κ1) is 21.5. The van der Waals surface area contributed by atoms with Gasteiger partial charge in [0, 0.05) is 26.4 Å². The summed E-state index contributed by atoms with van der Waals surface area (Å²) < 4.78 is 12.2. The molecule has 9 nitrogen and oxygen atoms in total. The summed E-state index contributed by atoms with van der Waals surface area (Å²) in [5, 5.41) is 11.3. The minimum absolute atomic E-state index is 0.124. The van der Waals surface area contributed by atoms with Gasteiger partial charge in [-0.05, 0) is 24.6 Å². The van der Waals surface area contributed by atoms with Gasteiger partial charge in [0.05, 0.1) is 19.5 Å². The molecule has 0 aliphatic rings. The van der Waals surface area contributed by atoms with Crippen molar-refractivity contribution in [3.63, 3.8) is 0 Å². The summed E-state index contributed by atoms with van der Waals surface area (Å²) in [7, 11) is 4.94. The molecule has 0 saturated carbocycles. The third kappa shape index (κ3) is 5.62. The number of nitrogens with one attached hydrogen (secondary N) is 1. The van der Waals surface area contributed by atoms with Crippen LogP contribution < -0.4 is 20.5 Å². The number of primary amides is 1. The highest BCUT2D eigenvalue weighted by molar-refractivity contribution is 8.00. The Balaban J connectivity index is 1.92. The number of hydrogen-bond acceptors (Lipinski definition) is 7. The molecule has 2 aromatic rings. The highest BCUT2D eigenvalue weighted by Crippen LogP contribution is 2.27. The molecule has 2 rings (SSSR count). The van der Waals surface area contributed by atoms with Crippen LogP contribution in [0.1, 0.15) is 24.7 Å². The molecule has 0 unspecified atom stereocenters. The van der Waals surface area contributed by atoms with Crippen LogP contribution in [0.3, 0.4) is 0 Å². The lowest BCUT2D eigenvalue weighted by atomic mass is 10.2. The Morgan fingerprint density at radius 2 is 1.96 bits per heavy atom. The summed E-state index contributed by atoms with van der Waals surface area (Å²) in [6.07, 6.45) is 0.622. The molecule has 1 atom stereocenters. The number of aromatic nitrogens is 3. The van der Waals surface area contributed by atoms with Crippen LogP contribution in [0.2, 0.25) is 0 Å². The van der Waals surface area contributed by atoms with Gasteiger partial charge in [-0.1, -0.05) is 17.8 Å². The molecule has 0 aliphatic carbocycles. The van der Waals surface area contributed by atoms with Crippen LogP contribution in [0.4, 0.5) is 0 Å². The maximum Gasteiger partial charge on any atom is 0.233 e. The standard InChI is InChI=1S/C18H25N5O4S/c1-11(28-18-22-21-16(23(18)2)8-7-15(19)24)17(25)20-10-12-5-6-13(26-3)14(9-12)27-4/h5-6,9,11H,7-8,10H2,1-4H3,(H2,19,24)(H,20,25)/t11-/m1/s1. The molecule has 152 valence electrons. The Labute approximate surface area is 168 Å². The lowest BCUT2D eigenvalue weighted by molar-refractivity contribution is -0.120. The minimum Gasteiger partial charge on any atom is -0.493 e. The second-order valence-corrected chi connectivity index (χ2v) is 7.40. The molecule has 0 radical (unpaired) electrons. The molecule has 0 spiro atoms. The molecule has 0 fully saturated rings. The van der Waals surface area contributed by atoms with Crippen molar-refractivity contribution in [2.24, 2.45) is 12.8 Å². The van der Waals surface area contributed by atoms with Crippen molar-refractivity contribution >= 4 is 23.6 Å². The van der Waals surface area contributed by atoms with E-state index < -0.39 is 0 Å². The van der Waals surface area contributed by atoms with Gasteiger partial charge in [-0.15, -0.1) is 10.2 Å². The van der Waals surface area contributed by atoms with Crippen molar-refractivity contribution in [2.75, 3.05) is 14.2 Å². The van der Waals surface area contributed by atoms with E-state index in [1.54, 1.807) is 38.8 Å². The van der Waals surface area contributed by atoms with Gasteiger partial charge in [-0.3, -0.25) is 9.59 Å². The lowest BCUT2D eigenvalue weighted by Crippen LogP contribution is -2.30. The van der Waals surface area contributed by atoms with Gasteiger partial charge in [-0.2, -0.15) is 0 Å². The zero-order chi connectivity index (χ0) is 20.7. The number of benzene rings is 1.